The molecule has 0 aliphatic carbocycles. The van der Waals surface area contributed by atoms with Gasteiger partial charge in [-0.3, -0.25) is 19.2 Å². The molecule has 0 aliphatic rings. The molecule has 11 heteroatoms. The molecule has 8 N–H and O–H groups in total. The van der Waals surface area contributed by atoms with Crippen molar-refractivity contribution in [2.24, 2.45) is 11.5 Å². The zero-order valence-electron chi connectivity index (χ0n) is 17.6. The van der Waals surface area contributed by atoms with Crippen molar-refractivity contribution in [3.8, 4) is 0 Å². The van der Waals surface area contributed by atoms with E-state index in [1.165, 1.54) is 13.2 Å². The number of primary amides is 1. The van der Waals surface area contributed by atoms with Crippen molar-refractivity contribution in [2.45, 2.75) is 76.7 Å². The molecule has 10 nitrogen and oxygen atoms in total. The van der Waals surface area contributed by atoms with Crippen molar-refractivity contribution in [1.82, 2.24) is 16.0 Å². The van der Waals surface area contributed by atoms with Crippen molar-refractivity contribution in [3.05, 3.63) is 0 Å². The molecule has 0 aliphatic heterocycles. The summed E-state index contributed by atoms with van der Waals surface area (Å²) in [5.74, 6) is -2.01. The maximum atomic E-state index is 12.7. The van der Waals surface area contributed by atoms with Crippen LogP contribution in [0.3, 0.4) is 0 Å². The van der Waals surface area contributed by atoms with Gasteiger partial charge in [0, 0.05) is 6.04 Å². The SMILES string of the molecule is CSC(=O)[C@@H](NC(=O)[C@H](CC(N)=O)NC(=O)[C@H](CCCCN)NC(C)C)[C@@H](C)O. The second-order valence-electron chi connectivity index (χ2n) is 7.14. The summed E-state index contributed by atoms with van der Waals surface area (Å²) in [5.41, 5.74) is 10.7. The van der Waals surface area contributed by atoms with E-state index < -0.39 is 53.5 Å². The normalized spacial score (nSPS) is 15.3. The molecule has 0 radical (unpaired) electrons. The summed E-state index contributed by atoms with van der Waals surface area (Å²) in [6.45, 7) is 5.64. The summed E-state index contributed by atoms with van der Waals surface area (Å²) < 4.78 is 0. The molecule has 0 spiro atoms. The number of aliphatic hydroxyl groups excluding tert-OH is 1. The Hall–Kier alpha value is -1.69. The average Bonchev–Trinajstić information content (AvgIpc) is 2.63. The van der Waals surface area contributed by atoms with Crippen LogP contribution in [-0.4, -0.2) is 71.0 Å². The number of hydrogen-bond acceptors (Lipinski definition) is 8. The number of rotatable bonds is 14. The summed E-state index contributed by atoms with van der Waals surface area (Å²) in [6, 6.07) is -2.99. The Bertz CT molecular complexity index is 559. The number of amides is 3. The van der Waals surface area contributed by atoms with Crippen LogP contribution < -0.4 is 27.4 Å². The van der Waals surface area contributed by atoms with Gasteiger partial charge in [-0.2, -0.15) is 0 Å². The lowest BCUT2D eigenvalue weighted by Gasteiger charge is -2.26. The monoisotopic (exact) mass is 433 g/mol. The molecule has 29 heavy (non-hydrogen) atoms. The number of aliphatic hydroxyl groups is 1. The van der Waals surface area contributed by atoms with E-state index in [9.17, 15) is 24.3 Å². The molecule has 4 atom stereocenters. The Morgan fingerprint density at radius 2 is 1.59 bits per heavy atom. The first-order valence-corrected chi connectivity index (χ1v) is 10.9. The molecule has 0 aromatic carbocycles. The molecular weight excluding hydrogens is 398 g/mol. The Labute approximate surface area is 176 Å². The Morgan fingerprint density at radius 3 is 2.03 bits per heavy atom. The lowest BCUT2D eigenvalue weighted by molar-refractivity contribution is -0.133. The molecule has 0 heterocycles. The number of nitrogens with one attached hydrogen (secondary N) is 3. The van der Waals surface area contributed by atoms with E-state index in [2.05, 4.69) is 16.0 Å². The van der Waals surface area contributed by atoms with E-state index in [-0.39, 0.29) is 6.04 Å². The molecular formula is C18H35N5O5S. The first-order chi connectivity index (χ1) is 13.5. The smallest absolute Gasteiger partial charge is 0.243 e. The Morgan fingerprint density at radius 1 is 1.00 bits per heavy atom. The maximum Gasteiger partial charge on any atom is 0.243 e. The molecule has 0 bridgehead atoms. The Kier molecular flexibility index (Phi) is 13.5. The van der Waals surface area contributed by atoms with Crippen LogP contribution in [0.2, 0.25) is 0 Å². The van der Waals surface area contributed by atoms with Crippen LogP contribution in [0, 0.1) is 0 Å². The Balaban J connectivity index is 5.31. The number of hydrogen-bond donors (Lipinski definition) is 6. The summed E-state index contributed by atoms with van der Waals surface area (Å²) in [4.78, 5) is 48.7. The lowest BCUT2D eigenvalue weighted by Crippen LogP contribution is -2.57. The summed E-state index contributed by atoms with van der Waals surface area (Å²) in [5, 5.41) is 17.4. The van der Waals surface area contributed by atoms with Crippen LogP contribution in [0.1, 0.15) is 46.5 Å². The predicted octanol–water partition coefficient (Wildman–Crippen LogP) is -1.40. The molecule has 3 amide bonds. The highest BCUT2D eigenvalue weighted by Gasteiger charge is 2.31. The van der Waals surface area contributed by atoms with Gasteiger partial charge in [-0.05, 0) is 32.6 Å². The summed E-state index contributed by atoms with van der Waals surface area (Å²) in [7, 11) is 0. The number of nitrogens with two attached hydrogens (primary N) is 2. The largest absolute Gasteiger partial charge is 0.391 e. The minimum atomic E-state index is -1.26. The van der Waals surface area contributed by atoms with Gasteiger partial charge >= 0.3 is 0 Å². The minimum Gasteiger partial charge on any atom is -0.391 e. The summed E-state index contributed by atoms with van der Waals surface area (Å²) in [6.07, 6.45) is 1.92. The van der Waals surface area contributed by atoms with Gasteiger partial charge in [0.15, 0.2) is 0 Å². The first kappa shape index (κ1) is 27.3. The quantitative estimate of drug-likeness (QED) is 0.181. The maximum absolute atomic E-state index is 12.7. The third-order valence-electron chi connectivity index (χ3n) is 4.07. The van der Waals surface area contributed by atoms with E-state index in [0.717, 1.165) is 18.2 Å². The molecule has 0 saturated carbocycles. The number of carbonyl (C=O) groups is 4. The van der Waals surface area contributed by atoms with Gasteiger partial charge in [0.25, 0.3) is 0 Å². The van der Waals surface area contributed by atoms with Crippen molar-refractivity contribution in [3.63, 3.8) is 0 Å². The van der Waals surface area contributed by atoms with Crippen LogP contribution in [0.25, 0.3) is 0 Å². The van der Waals surface area contributed by atoms with Gasteiger partial charge in [-0.1, -0.05) is 32.0 Å². The molecule has 0 aromatic heterocycles. The van der Waals surface area contributed by atoms with Gasteiger partial charge in [-0.25, -0.2) is 0 Å². The molecule has 0 rings (SSSR count). The van der Waals surface area contributed by atoms with Crippen molar-refractivity contribution in [1.29, 1.82) is 0 Å². The van der Waals surface area contributed by atoms with Crippen LogP contribution in [0.15, 0.2) is 0 Å². The minimum absolute atomic E-state index is 0.0193. The van der Waals surface area contributed by atoms with E-state index in [0.29, 0.717) is 19.4 Å². The van der Waals surface area contributed by atoms with Gasteiger partial charge in [0.1, 0.15) is 12.1 Å². The van der Waals surface area contributed by atoms with Crippen molar-refractivity contribution < 1.29 is 24.3 Å². The van der Waals surface area contributed by atoms with Gasteiger partial charge < -0.3 is 32.5 Å². The number of unbranched alkanes of at least 4 members (excludes halogenated alkanes) is 1. The topological polar surface area (TPSA) is 177 Å². The second-order valence-corrected chi connectivity index (χ2v) is 7.95. The van der Waals surface area contributed by atoms with Gasteiger partial charge in [-0.15, -0.1) is 0 Å². The van der Waals surface area contributed by atoms with Crippen molar-refractivity contribution in [2.75, 3.05) is 12.8 Å². The lowest BCUT2D eigenvalue weighted by atomic mass is 10.1. The second kappa shape index (κ2) is 14.3. The standard InChI is InChI=1S/C18H35N5O5S/c1-10(2)21-12(7-5-6-8-19)16(26)22-13(9-14(20)25)17(27)23-15(11(3)24)18(28)29-4/h10-13,15,21,24H,5-9,19H2,1-4H3,(H2,20,25)(H,22,26)(H,23,27)/t11-,12+,13+,15+/m1/s1. The van der Waals surface area contributed by atoms with E-state index in [1.807, 2.05) is 13.8 Å². The highest BCUT2D eigenvalue weighted by molar-refractivity contribution is 8.13. The van der Waals surface area contributed by atoms with Gasteiger partial charge in [0.2, 0.25) is 22.8 Å². The highest BCUT2D eigenvalue weighted by Crippen LogP contribution is 2.07. The van der Waals surface area contributed by atoms with Crippen LogP contribution in [0.4, 0.5) is 0 Å². The van der Waals surface area contributed by atoms with E-state index >= 15 is 0 Å². The number of carbonyl (C=O) groups excluding carboxylic acids is 4. The summed E-state index contributed by atoms with van der Waals surface area (Å²) >= 11 is 0.853. The predicted molar refractivity (Wildman–Crippen MR) is 113 cm³/mol. The third-order valence-corrected chi connectivity index (χ3v) is 4.73. The molecule has 168 valence electrons. The van der Waals surface area contributed by atoms with Crippen LogP contribution in [0.5, 0.6) is 0 Å². The molecule has 0 unspecified atom stereocenters. The van der Waals surface area contributed by atoms with E-state index in [4.69, 9.17) is 11.5 Å². The first-order valence-electron chi connectivity index (χ1n) is 9.64. The number of thioether (sulfide) groups is 1. The van der Waals surface area contributed by atoms with Gasteiger partial charge in [0.05, 0.1) is 18.6 Å². The molecule has 0 fully saturated rings. The van der Waals surface area contributed by atoms with E-state index in [1.54, 1.807) is 0 Å². The fraction of sp³-hybridized carbons (Fsp3) is 0.778. The third kappa shape index (κ3) is 11.2. The fourth-order valence-corrected chi connectivity index (χ4v) is 3.14. The highest BCUT2D eigenvalue weighted by atomic mass is 32.2. The molecule has 0 saturated heterocycles. The van der Waals surface area contributed by atoms with Crippen LogP contribution in [-0.2, 0) is 19.2 Å². The average molecular weight is 434 g/mol. The van der Waals surface area contributed by atoms with Crippen molar-refractivity contribution >= 4 is 34.6 Å². The zero-order valence-corrected chi connectivity index (χ0v) is 18.4. The fourth-order valence-electron chi connectivity index (χ4n) is 2.63. The zero-order chi connectivity index (χ0) is 22.6. The molecule has 0 aromatic rings. The van der Waals surface area contributed by atoms with Crippen LogP contribution >= 0.6 is 11.8 Å².